The number of hydrogen-bond donors (Lipinski definition) is 0. The number of carbonyl (C=O) groups excluding carboxylic acids is 2. The van der Waals surface area contributed by atoms with Crippen LogP contribution >= 0.6 is 0 Å². The van der Waals surface area contributed by atoms with Crippen molar-refractivity contribution in [3.63, 3.8) is 0 Å². The summed E-state index contributed by atoms with van der Waals surface area (Å²) in [6.07, 6.45) is 3.95. The molecule has 4 aliphatic heterocycles. The summed E-state index contributed by atoms with van der Waals surface area (Å²) in [5, 5.41) is 8.83. The minimum atomic E-state index is -1.44. The summed E-state index contributed by atoms with van der Waals surface area (Å²) in [6, 6.07) is 6.18. The number of nitrogens with zero attached hydrogens (tertiary/aromatic N) is 4. The summed E-state index contributed by atoms with van der Waals surface area (Å²) < 4.78 is 11.3. The number of fused-ring (bicyclic) bond motifs is 3. The number of aromatic nitrogens is 2. The van der Waals surface area contributed by atoms with Crippen molar-refractivity contribution in [3.05, 3.63) is 40.2 Å². The predicted octanol–water partition coefficient (Wildman–Crippen LogP) is 0.795. The van der Waals surface area contributed by atoms with E-state index in [4.69, 9.17) is 9.47 Å². The third-order valence-corrected chi connectivity index (χ3v) is 6.83. The number of ether oxygens (including phenoxy) is 2. The minimum absolute atomic E-state index is 0.205. The molecule has 2 aromatic rings. The average Bonchev–Trinajstić information content (AvgIpc) is 3.11. The molecule has 144 valence electrons. The second kappa shape index (κ2) is 6.84. The summed E-state index contributed by atoms with van der Waals surface area (Å²) in [5.41, 5.74) is 1.93. The third kappa shape index (κ3) is 3.05. The summed E-state index contributed by atoms with van der Waals surface area (Å²) in [6.45, 7) is 1.55. The molecule has 3 saturated heterocycles. The SMILES string of the molecule is O=C1C=CC(=O)OC2(CN(c3ccc(-c4cc[se]c4)nn3)C3CCN2CC3)O1. The Labute approximate surface area is 167 Å². The Balaban J connectivity index is 1.49. The monoisotopic (exact) mass is 446 g/mol. The van der Waals surface area contributed by atoms with E-state index in [-0.39, 0.29) is 12.6 Å². The van der Waals surface area contributed by atoms with Crippen molar-refractivity contribution in [1.29, 1.82) is 0 Å². The molecule has 0 N–H and O–H groups in total. The van der Waals surface area contributed by atoms with Gasteiger partial charge in [-0.1, -0.05) is 0 Å². The molecule has 28 heavy (non-hydrogen) atoms. The topological polar surface area (TPSA) is 84.9 Å². The molecular formula is C19H18N4O4Se. The first-order chi connectivity index (χ1) is 13.6. The zero-order chi connectivity index (χ0) is 19.1. The van der Waals surface area contributed by atoms with Gasteiger partial charge in [0, 0.05) is 0 Å². The van der Waals surface area contributed by atoms with Crippen molar-refractivity contribution in [2.24, 2.45) is 0 Å². The van der Waals surface area contributed by atoms with Crippen LogP contribution in [0.25, 0.3) is 11.3 Å². The van der Waals surface area contributed by atoms with Crippen molar-refractivity contribution in [1.82, 2.24) is 15.1 Å². The first-order valence-corrected chi connectivity index (χ1v) is 11.1. The van der Waals surface area contributed by atoms with Gasteiger partial charge in [0.25, 0.3) is 0 Å². The van der Waals surface area contributed by atoms with Crippen LogP contribution < -0.4 is 4.90 Å². The number of esters is 2. The van der Waals surface area contributed by atoms with Crippen LogP contribution in [0.1, 0.15) is 12.8 Å². The van der Waals surface area contributed by atoms with E-state index >= 15 is 0 Å². The normalized spacial score (nSPS) is 25.9. The molecule has 6 rings (SSSR count). The first kappa shape index (κ1) is 17.6. The predicted molar refractivity (Wildman–Crippen MR) is 100 cm³/mol. The molecule has 0 aliphatic carbocycles. The van der Waals surface area contributed by atoms with Crippen LogP contribution in [0.2, 0.25) is 0 Å². The van der Waals surface area contributed by atoms with Gasteiger partial charge in [-0.2, -0.15) is 0 Å². The summed E-state index contributed by atoms with van der Waals surface area (Å²) in [7, 11) is 0. The van der Waals surface area contributed by atoms with E-state index < -0.39 is 17.8 Å². The van der Waals surface area contributed by atoms with Crippen molar-refractivity contribution < 1.29 is 19.1 Å². The summed E-state index contributed by atoms with van der Waals surface area (Å²) in [4.78, 5) is 32.5. The van der Waals surface area contributed by atoms with Gasteiger partial charge in [-0.15, -0.1) is 0 Å². The maximum absolute atomic E-state index is 12.1. The molecule has 6 heterocycles. The number of anilines is 1. The Kier molecular flexibility index (Phi) is 4.30. The Morgan fingerprint density at radius 1 is 1.04 bits per heavy atom. The number of hydrogen-bond acceptors (Lipinski definition) is 8. The zero-order valence-electron chi connectivity index (χ0n) is 15.0. The quantitative estimate of drug-likeness (QED) is 0.496. The molecule has 3 fully saturated rings. The number of rotatable bonds is 2. The van der Waals surface area contributed by atoms with Crippen LogP contribution in [-0.2, 0) is 19.1 Å². The molecule has 0 saturated carbocycles. The Bertz CT molecular complexity index is 900. The fraction of sp³-hybridized carbons (Fsp3) is 0.368. The van der Waals surface area contributed by atoms with E-state index in [0.29, 0.717) is 33.4 Å². The van der Waals surface area contributed by atoms with Gasteiger partial charge in [-0.05, 0) is 0 Å². The van der Waals surface area contributed by atoms with E-state index in [1.807, 2.05) is 17.0 Å². The van der Waals surface area contributed by atoms with Crippen molar-refractivity contribution >= 4 is 32.3 Å². The molecule has 0 radical (unpaired) electrons. The van der Waals surface area contributed by atoms with Crippen molar-refractivity contribution in [3.8, 4) is 11.3 Å². The van der Waals surface area contributed by atoms with E-state index in [1.54, 1.807) is 0 Å². The van der Waals surface area contributed by atoms with Gasteiger partial charge in [-0.3, -0.25) is 0 Å². The molecule has 4 aliphatic rings. The molecule has 0 amide bonds. The van der Waals surface area contributed by atoms with E-state index in [2.05, 4.69) is 31.0 Å². The molecule has 1 spiro atoms. The summed E-state index contributed by atoms with van der Waals surface area (Å²) >= 11 is 0.390. The van der Waals surface area contributed by atoms with E-state index in [9.17, 15) is 9.59 Å². The molecular weight excluding hydrogens is 427 g/mol. The molecule has 0 unspecified atom stereocenters. The first-order valence-electron chi connectivity index (χ1n) is 9.15. The number of carbonyl (C=O) groups is 2. The molecule has 0 aromatic carbocycles. The molecule has 2 bridgehead atoms. The van der Waals surface area contributed by atoms with Gasteiger partial charge >= 0.3 is 167 Å². The van der Waals surface area contributed by atoms with E-state index in [0.717, 1.165) is 36.3 Å². The Morgan fingerprint density at radius 3 is 2.39 bits per heavy atom. The maximum atomic E-state index is 12.1. The molecule has 2 aromatic heterocycles. The fourth-order valence-corrected chi connectivity index (χ4v) is 5.37. The van der Waals surface area contributed by atoms with Gasteiger partial charge < -0.3 is 0 Å². The zero-order valence-corrected chi connectivity index (χ0v) is 16.7. The van der Waals surface area contributed by atoms with Gasteiger partial charge in [0.1, 0.15) is 0 Å². The summed E-state index contributed by atoms with van der Waals surface area (Å²) in [5.74, 6) is -1.92. The third-order valence-electron chi connectivity index (χ3n) is 5.39. The fourth-order valence-electron chi connectivity index (χ4n) is 4.01. The molecule has 8 nitrogen and oxygen atoms in total. The van der Waals surface area contributed by atoms with Crippen LogP contribution in [0, 0.1) is 0 Å². The molecule has 9 heteroatoms. The van der Waals surface area contributed by atoms with Gasteiger partial charge in [0.2, 0.25) is 0 Å². The van der Waals surface area contributed by atoms with Crippen molar-refractivity contribution in [2.75, 3.05) is 24.5 Å². The van der Waals surface area contributed by atoms with Crippen LogP contribution in [0.15, 0.2) is 40.2 Å². The van der Waals surface area contributed by atoms with Gasteiger partial charge in [0.05, 0.1) is 0 Å². The van der Waals surface area contributed by atoms with Crippen LogP contribution in [0.3, 0.4) is 0 Å². The molecule has 0 atom stereocenters. The van der Waals surface area contributed by atoms with Crippen molar-refractivity contribution in [2.45, 2.75) is 24.8 Å². The Morgan fingerprint density at radius 2 is 1.79 bits per heavy atom. The van der Waals surface area contributed by atoms with E-state index in [1.165, 1.54) is 0 Å². The van der Waals surface area contributed by atoms with Gasteiger partial charge in [-0.25, -0.2) is 0 Å². The van der Waals surface area contributed by atoms with Crippen LogP contribution in [-0.4, -0.2) is 73.1 Å². The van der Waals surface area contributed by atoms with Crippen LogP contribution in [0.4, 0.5) is 5.82 Å². The second-order valence-electron chi connectivity index (χ2n) is 7.02. The standard InChI is InChI=1S/C19H18N4O4Se/c24-17-3-4-18(25)27-19(26-17)12-23(14-5-8-22(19)9-6-14)16-2-1-15(20-21-16)13-7-10-28-11-13/h1-4,7,10-11,14H,5-6,8-9,12H2. The van der Waals surface area contributed by atoms with Gasteiger partial charge in [0.15, 0.2) is 0 Å². The second-order valence-corrected chi connectivity index (χ2v) is 8.66. The Hall–Kier alpha value is -2.48. The van der Waals surface area contributed by atoms with Crippen LogP contribution in [0.5, 0.6) is 0 Å². The number of piperidine rings is 1. The average molecular weight is 445 g/mol.